The molecule has 1 aromatic rings. The normalized spacial score (nSPS) is 19.2. The lowest BCUT2D eigenvalue weighted by atomic mass is 10.1. The van der Waals surface area contributed by atoms with Gasteiger partial charge in [0.25, 0.3) is 0 Å². The Morgan fingerprint density at radius 1 is 1.14 bits per heavy atom. The Hall–Kier alpha value is -1.44. The summed E-state index contributed by atoms with van der Waals surface area (Å²) in [5.74, 6) is 0.0870. The van der Waals surface area contributed by atoms with Crippen LogP contribution in [-0.2, 0) is 21.2 Å². The molecule has 7 heteroatoms. The van der Waals surface area contributed by atoms with Crippen LogP contribution < -0.4 is 10.0 Å². The number of piperidine rings is 1. The van der Waals surface area contributed by atoms with E-state index in [2.05, 4.69) is 4.90 Å². The van der Waals surface area contributed by atoms with E-state index in [0.717, 1.165) is 37.2 Å². The van der Waals surface area contributed by atoms with Crippen LogP contribution in [0.4, 0.5) is 5.69 Å². The van der Waals surface area contributed by atoms with Crippen molar-refractivity contribution in [2.45, 2.75) is 30.6 Å². The summed E-state index contributed by atoms with van der Waals surface area (Å²) < 4.78 is 22.8. The van der Waals surface area contributed by atoms with Crippen molar-refractivity contribution in [1.82, 2.24) is 4.90 Å². The van der Waals surface area contributed by atoms with Crippen LogP contribution in [0.3, 0.4) is 0 Å². The van der Waals surface area contributed by atoms with Crippen LogP contribution in [0.5, 0.6) is 0 Å². The molecule has 2 heterocycles. The van der Waals surface area contributed by atoms with Crippen LogP contribution in [-0.4, -0.2) is 45.4 Å². The van der Waals surface area contributed by atoms with Gasteiger partial charge in [0.15, 0.2) is 0 Å². The molecule has 0 aromatic heterocycles. The molecule has 0 radical (unpaired) electrons. The zero-order valence-electron chi connectivity index (χ0n) is 12.5. The molecule has 1 fully saturated rings. The topological polar surface area (TPSA) is 83.7 Å². The van der Waals surface area contributed by atoms with Gasteiger partial charge in [-0.05, 0) is 56.1 Å². The number of rotatable bonds is 3. The molecule has 120 valence electrons. The molecule has 0 aliphatic carbocycles. The number of carbonyl (C=O) groups excluding carboxylic acids is 1. The van der Waals surface area contributed by atoms with Gasteiger partial charge in [0.1, 0.15) is 0 Å². The maximum absolute atomic E-state index is 12.5. The number of anilines is 1. The number of benzene rings is 1. The molecule has 1 amide bonds. The Balaban J connectivity index is 1.75. The maximum Gasteiger partial charge on any atom is 0.241 e. The van der Waals surface area contributed by atoms with E-state index >= 15 is 0 Å². The Kier molecular flexibility index (Phi) is 4.20. The van der Waals surface area contributed by atoms with E-state index in [1.165, 1.54) is 12.5 Å². The molecule has 0 bridgehead atoms. The number of hydrogen-bond acceptors (Lipinski definition) is 4. The van der Waals surface area contributed by atoms with E-state index in [9.17, 15) is 13.2 Å². The van der Waals surface area contributed by atoms with Crippen molar-refractivity contribution in [2.24, 2.45) is 5.14 Å². The van der Waals surface area contributed by atoms with E-state index in [4.69, 9.17) is 5.14 Å². The molecule has 3 rings (SSSR count). The fourth-order valence-electron chi connectivity index (χ4n) is 3.21. The quantitative estimate of drug-likeness (QED) is 0.888. The Morgan fingerprint density at radius 3 is 2.55 bits per heavy atom. The minimum absolute atomic E-state index is 0.0870. The molecule has 6 nitrogen and oxygen atoms in total. The SMILES string of the molecule is NS(=O)(=O)c1ccc2c(c1)CCN2C(=O)CN1CCCCC1. The van der Waals surface area contributed by atoms with Gasteiger partial charge in [0.2, 0.25) is 15.9 Å². The van der Waals surface area contributed by atoms with Crippen LogP contribution in [0.2, 0.25) is 0 Å². The van der Waals surface area contributed by atoms with Crippen molar-refractivity contribution in [3.8, 4) is 0 Å². The summed E-state index contributed by atoms with van der Waals surface area (Å²) in [6.45, 7) is 3.01. The van der Waals surface area contributed by atoms with Crippen LogP contribution in [0.1, 0.15) is 24.8 Å². The molecular weight excluding hydrogens is 302 g/mol. The summed E-state index contributed by atoms with van der Waals surface area (Å²) in [5, 5.41) is 5.15. The van der Waals surface area contributed by atoms with Gasteiger partial charge >= 0.3 is 0 Å². The zero-order chi connectivity index (χ0) is 15.7. The van der Waals surface area contributed by atoms with E-state index in [0.29, 0.717) is 19.5 Å². The van der Waals surface area contributed by atoms with Gasteiger partial charge in [-0.3, -0.25) is 9.69 Å². The number of nitrogens with zero attached hydrogens (tertiary/aromatic N) is 2. The van der Waals surface area contributed by atoms with E-state index in [-0.39, 0.29) is 10.8 Å². The van der Waals surface area contributed by atoms with E-state index in [1.54, 1.807) is 17.0 Å². The van der Waals surface area contributed by atoms with Crippen molar-refractivity contribution in [2.75, 3.05) is 31.1 Å². The lowest BCUT2D eigenvalue weighted by Crippen LogP contribution is -2.41. The van der Waals surface area contributed by atoms with E-state index in [1.807, 2.05) is 0 Å². The van der Waals surface area contributed by atoms with Crippen molar-refractivity contribution >= 4 is 21.6 Å². The number of sulfonamides is 1. The van der Waals surface area contributed by atoms with Gasteiger partial charge in [0.05, 0.1) is 11.4 Å². The molecule has 2 aliphatic rings. The van der Waals surface area contributed by atoms with Crippen LogP contribution in [0.25, 0.3) is 0 Å². The average Bonchev–Trinajstić information content (AvgIpc) is 2.90. The molecular formula is C15H21N3O3S. The summed E-state index contributed by atoms with van der Waals surface area (Å²) in [6, 6.07) is 4.75. The number of hydrogen-bond donors (Lipinski definition) is 1. The highest BCUT2D eigenvalue weighted by atomic mass is 32.2. The van der Waals surface area contributed by atoms with Gasteiger partial charge in [-0.25, -0.2) is 13.6 Å². The number of fused-ring (bicyclic) bond motifs is 1. The number of carbonyl (C=O) groups is 1. The predicted molar refractivity (Wildman–Crippen MR) is 84.2 cm³/mol. The number of likely N-dealkylation sites (tertiary alicyclic amines) is 1. The standard InChI is InChI=1S/C15H21N3O3S/c16-22(20,21)13-4-5-14-12(10-13)6-9-18(14)15(19)11-17-7-2-1-3-8-17/h4-5,10H,1-3,6-9,11H2,(H2,16,20,21). The second kappa shape index (κ2) is 5.98. The van der Waals surface area contributed by atoms with E-state index < -0.39 is 10.0 Å². The monoisotopic (exact) mass is 323 g/mol. The van der Waals surface area contributed by atoms with Gasteiger partial charge in [-0.2, -0.15) is 0 Å². The highest BCUT2D eigenvalue weighted by Crippen LogP contribution is 2.30. The molecule has 1 saturated heterocycles. The number of nitrogens with two attached hydrogens (primary N) is 1. The van der Waals surface area contributed by atoms with Crippen LogP contribution >= 0.6 is 0 Å². The zero-order valence-corrected chi connectivity index (χ0v) is 13.3. The predicted octanol–water partition coefficient (Wildman–Crippen LogP) is 0.709. The molecule has 0 unspecified atom stereocenters. The number of primary sulfonamides is 1. The summed E-state index contributed by atoms with van der Waals surface area (Å²) in [6.07, 6.45) is 4.22. The molecule has 2 N–H and O–H groups in total. The second-order valence-electron chi connectivity index (χ2n) is 5.97. The van der Waals surface area contributed by atoms with Crippen LogP contribution in [0, 0.1) is 0 Å². The van der Waals surface area contributed by atoms with Gasteiger partial charge < -0.3 is 4.90 Å². The van der Waals surface area contributed by atoms with Crippen molar-refractivity contribution in [3.63, 3.8) is 0 Å². The molecule has 0 atom stereocenters. The first kappa shape index (κ1) is 15.5. The summed E-state index contributed by atoms with van der Waals surface area (Å²) >= 11 is 0. The summed E-state index contributed by atoms with van der Waals surface area (Å²) in [5.41, 5.74) is 1.69. The minimum Gasteiger partial charge on any atom is -0.311 e. The highest BCUT2D eigenvalue weighted by Gasteiger charge is 2.27. The molecule has 1 aromatic carbocycles. The summed E-state index contributed by atoms with van der Waals surface area (Å²) in [7, 11) is -3.70. The summed E-state index contributed by atoms with van der Waals surface area (Å²) in [4.78, 5) is 16.6. The third-order valence-electron chi connectivity index (χ3n) is 4.38. The van der Waals surface area contributed by atoms with Gasteiger partial charge in [-0.1, -0.05) is 6.42 Å². The lowest BCUT2D eigenvalue weighted by Gasteiger charge is -2.28. The largest absolute Gasteiger partial charge is 0.311 e. The Labute approximate surface area is 130 Å². The minimum atomic E-state index is -3.70. The third kappa shape index (κ3) is 3.16. The molecule has 2 aliphatic heterocycles. The third-order valence-corrected chi connectivity index (χ3v) is 5.29. The highest BCUT2D eigenvalue weighted by molar-refractivity contribution is 7.89. The lowest BCUT2D eigenvalue weighted by molar-refractivity contribution is -0.119. The van der Waals surface area contributed by atoms with Crippen molar-refractivity contribution in [1.29, 1.82) is 0 Å². The molecule has 0 spiro atoms. The maximum atomic E-state index is 12.5. The second-order valence-corrected chi connectivity index (χ2v) is 7.53. The molecule has 0 saturated carbocycles. The first-order chi connectivity index (χ1) is 10.4. The van der Waals surface area contributed by atoms with Gasteiger partial charge in [0, 0.05) is 12.2 Å². The van der Waals surface area contributed by atoms with Crippen molar-refractivity contribution in [3.05, 3.63) is 23.8 Å². The average molecular weight is 323 g/mol. The van der Waals surface area contributed by atoms with Crippen molar-refractivity contribution < 1.29 is 13.2 Å². The Morgan fingerprint density at radius 2 is 1.86 bits per heavy atom. The fraction of sp³-hybridized carbons (Fsp3) is 0.533. The first-order valence-electron chi connectivity index (χ1n) is 7.63. The van der Waals surface area contributed by atoms with Gasteiger partial charge in [-0.15, -0.1) is 0 Å². The number of amides is 1. The smallest absolute Gasteiger partial charge is 0.241 e. The molecule has 22 heavy (non-hydrogen) atoms. The van der Waals surface area contributed by atoms with Crippen LogP contribution in [0.15, 0.2) is 23.1 Å². The first-order valence-corrected chi connectivity index (χ1v) is 9.18. The Bertz CT molecular complexity index is 681. The fourth-order valence-corrected chi connectivity index (χ4v) is 3.77.